The molecule has 7 heteroatoms. The Bertz CT molecular complexity index is 756. The molecule has 0 heterocycles. The quantitative estimate of drug-likeness (QED) is 0.0641. The van der Waals surface area contributed by atoms with Crippen molar-refractivity contribution >= 4 is 29.1 Å². The topological polar surface area (TPSA) is 69.2 Å². The molecule has 0 aliphatic rings. The molecule has 0 saturated heterocycles. The summed E-state index contributed by atoms with van der Waals surface area (Å²) in [7, 11) is -7.41. The van der Waals surface area contributed by atoms with Crippen LogP contribution in [0.4, 0.5) is 0 Å². The van der Waals surface area contributed by atoms with E-state index in [9.17, 15) is 14.7 Å². The number of rotatable bonds is 26. The first kappa shape index (κ1) is 67.2. The Morgan fingerprint density at radius 3 is 0.508 bits per heavy atom. The van der Waals surface area contributed by atoms with E-state index in [4.69, 9.17) is 0 Å². The second kappa shape index (κ2) is 32.3. The Labute approximate surface area is 379 Å². The summed E-state index contributed by atoms with van der Waals surface area (Å²) in [5.41, 5.74) is 10.6. The minimum absolute atomic E-state index is 0.132. The number of hydrogen-bond donors (Lipinski definition) is 0. The van der Waals surface area contributed by atoms with Gasteiger partial charge in [-0.05, 0) is 166 Å². The van der Waals surface area contributed by atoms with Crippen molar-refractivity contribution in [3.05, 3.63) is 0 Å². The molecule has 0 fully saturated rings. The normalized spacial score (nSPS) is 13.9. The van der Waals surface area contributed by atoms with Crippen molar-refractivity contribution in [2.24, 2.45) is 0 Å². The third-order valence-corrected chi connectivity index (χ3v) is 38.4. The first-order chi connectivity index (χ1) is 26.7. The molecule has 0 unspecified atom stereocenters. The molecule has 0 amide bonds. The van der Waals surface area contributed by atoms with Crippen LogP contribution in [-0.4, -0.2) is 80.2 Å². The van der Waals surface area contributed by atoms with Crippen molar-refractivity contribution in [3.63, 3.8) is 0 Å². The summed E-state index contributed by atoms with van der Waals surface area (Å²) in [5.74, 6) is 0. The van der Waals surface area contributed by atoms with Crippen molar-refractivity contribution in [2.75, 3.05) is 12.3 Å². The van der Waals surface area contributed by atoms with Crippen molar-refractivity contribution in [1.29, 1.82) is 0 Å². The Hall–Kier alpha value is 1.60. The second-order valence-corrected chi connectivity index (χ2v) is 43.1. The molecule has 0 atom stereocenters. The van der Waals surface area contributed by atoms with E-state index >= 15 is 0 Å². The van der Waals surface area contributed by atoms with Crippen LogP contribution in [0.15, 0.2) is 0 Å². The van der Waals surface area contributed by atoms with Gasteiger partial charge in [0.2, 0.25) is 0 Å². The van der Waals surface area contributed by atoms with Crippen LogP contribution in [0, 0.1) is 0 Å². The van der Waals surface area contributed by atoms with Gasteiger partial charge in [0.25, 0.3) is 0 Å². The number of hydrogen-bond acceptors (Lipinski definition) is 3. The predicted octanol–water partition coefficient (Wildman–Crippen LogP) is 17.0. The van der Waals surface area contributed by atoms with Gasteiger partial charge in [0.05, 0.1) is 67.9 Å². The minimum atomic E-state index is -5.06. The van der Waals surface area contributed by atoms with E-state index in [1.807, 2.05) is 0 Å². The Morgan fingerprint density at radius 2 is 0.390 bits per heavy atom. The molecule has 0 N–H and O–H groups in total. The van der Waals surface area contributed by atoms with Crippen LogP contribution in [0.3, 0.4) is 0 Å². The second-order valence-electron chi connectivity index (χ2n) is 22.0. The maximum atomic E-state index is 11.9. The zero-order valence-electron chi connectivity index (χ0n) is 45.8. The van der Waals surface area contributed by atoms with Gasteiger partial charge in [-0.1, -0.05) is 0 Å². The fourth-order valence-electron chi connectivity index (χ4n) is 13.2. The molecule has 0 spiro atoms. The van der Waals surface area contributed by atoms with Gasteiger partial charge in [-0.25, -0.2) is 0 Å². The van der Waals surface area contributed by atoms with E-state index in [0.717, 1.165) is 106 Å². The molecule has 0 saturated carbocycles. The van der Waals surface area contributed by atoms with Crippen LogP contribution in [0.2, 0.25) is 0 Å². The van der Waals surface area contributed by atoms with E-state index in [1.54, 1.807) is 0 Å². The first-order valence-corrected chi connectivity index (χ1v) is 34.1. The summed E-state index contributed by atoms with van der Waals surface area (Å²) >= 11 is 0. The van der Waals surface area contributed by atoms with Gasteiger partial charge in [0.1, 0.15) is 0 Å². The molecule has 364 valence electrons. The number of unbranched alkanes of at least 4 members (excludes halogenated alkanes) is 10. The third-order valence-electron chi connectivity index (χ3n) is 14.6. The summed E-state index contributed by atoms with van der Waals surface area (Å²) < 4.78 is 0. The van der Waals surface area contributed by atoms with Crippen molar-refractivity contribution in [2.45, 2.75) is 325 Å². The monoisotopic (exact) mass is 915 g/mol. The van der Waals surface area contributed by atoms with Crippen LogP contribution >= 0.6 is 29.1 Å². The first-order valence-electron chi connectivity index (χ1n) is 25.5. The Morgan fingerprint density at radius 1 is 0.254 bits per heavy atom. The molecule has 3 nitrogen and oxygen atoms in total. The standard InChI is InChI=1S/C16H34O3P.3C12H28P/c1-3-5-7-9-11-13-15-20(17,18,19)16-14-12-10-8-6-4-2;3*1-9(2)13(10(3)4,11(5)6)12(7)8/h3-16H2,1-2H3;3*9-12H,1-8H3/q-3;3*+1. The molecule has 0 radical (unpaired) electrons. The average Bonchev–Trinajstić information content (AvgIpc) is 3.03. The summed E-state index contributed by atoms with van der Waals surface area (Å²) in [6, 6.07) is 0. The van der Waals surface area contributed by atoms with E-state index in [2.05, 4.69) is 180 Å². The molecule has 0 aromatic heterocycles. The van der Waals surface area contributed by atoms with Crippen LogP contribution in [0.25, 0.3) is 0 Å². The zero-order chi connectivity index (χ0) is 47.8. The molecular formula is C52H118O3P4. The van der Waals surface area contributed by atoms with E-state index in [-0.39, 0.29) is 12.3 Å². The fourth-order valence-corrected chi connectivity index (χ4v) is 36.6. The fraction of sp³-hybridized carbons (Fsp3) is 1.00. The van der Waals surface area contributed by atoms with Gasteiger partial charge in [-0.15, -0.1) is 0 Å². The van der Waals surface area contributed by atoms with E-state index in [0.29, 0.717) is 12.8 Å². The SMILES string of the molecule is CC(C)[P+](C(C)C)(C(C)C)C(C)C.CC(C)[P+](C(C)C)(C(C)C)C(C)C.CC(C)[P+](C(C)C)(C(C)C)C(C)C.CCCCCCCCP([O-])([O-])([O-])CCCCCCCC. The van der Waals surface area contributed by atoms with Crippen LogP contribution in [-0.2, 0) is 0 Å². The summed E-state index contributed by atoms with van der Waals surface area (Å²) in [4.78, 5) is 35.6. The molecule has 59 heavy (non-hydrogen) atoms. The summed E-state index contributed by atoms with van der Waals surface area (Å²) in [5, 5.41) is 0. The molecule has 0 aliphatic carbocycles. The zero-order valence-corrected chi connectivity index (χ0v) is 49.4. The van der Waals surface area contributed by atoms with Gasteiger partial charge >= 0.3 is 125 Å². The molecular weight excluding hydrogens is 796 g/mol. The molecule has 0 aromatic carbocycles. The third kappa shape index (κ3) is 22.6. The molecule has 0 rings (SSSR count). The van der Waals surface area contributed by atoms with Gasteiger partial charge in [0.15, 0.2) is 0 Å². The van der Waals surface area contributed by atoms with Crippen LogP contribution in [0.1, 0.15) is 257 Å². The maximum absolute atomic E-state index is 11.9. The van der Waals surface area contributed by atoms with Crippen molar-refractivity contribution < 1.29 is 14.7 Å². The Balaban J connectivity index is -0.000000349. The molecule has 0 aliphatic heterocycles. The Kier molecular flexibility index (Phi) is 36.8. The average molecular weight is 915 g/mol. The van der Waals surface area contributed by atoms with Crippen molar-refractivity contribution in [3.8, 4) is 0 Å². The van der Waals surface area contributed by atoms with Gasteiger partial charge in [-0.2, -0.15) is 0 Å². The van der Waals surface area contributed by atoms with E-state index in [1.165, 1.54) is 25.7 Å². The van der Waals surface area contributed by atoms with E-state index < -0.39 is 29.1 Å². The van der Waals surface area contributed by atoms with Gasteiger partial charge < -0.3 is 0 Å². The van der Waals surface area contributed by atoms with Crippen molar-refractivity contribution in [1.82, 2.24) is 0 Å². The van der Waals surface area contributed by atoms with Crippen LogP contribution < -0.4 is 14.7 Å². The molecule has 0 bridgehead atoms. The predicted molar refractivity (Wildman–Crippen MR) is 286 cm³/mol. The van der Waals surface area contributed by atoms with Gasteiger partial charge in [0, 0.05) is 21.8 Å². The summed E-state index contributed by atoms with van der Waals surface area (Å²) in [6.07, 6.45) is 11.8. The van der Waals surface area contributed by atoms with Gasteiger partial charge in [-0.3, -0.25) is 0 Å². The summed E-state index contributed by atoms with van der Waals surface area (Å²) in [6.45, 7) is 62.5. The van der Waals surface area contributed by atoms with Crippen LogP contribution in [0.5, 0.6) is 0 Å². The molecule has 0 aromatic rings.